The molecular weight excluding hydrogens is 310 g/mol. The van der Waals surface area contributed by atoms with E-state index >= 15 is 0 Å². The average Bonchev–Trinajstić information content (AvgIpc) is 2.53. The quantitative estimate of drug-likeness (QED) is 0.558. The predicted molar refractivity (Wildman–Crippen MR) is 96.7 cm³/mol. The van der Waals surface area contributed by atoms with Gasteiger partial charge in [0.25, 0.3) is 0 Å². The predicted octanol–water partition coefficient (Wildman–Crippen LogP) is 4.77. The van der Waals surface area contributed by atoms with Crippen LogP contribution in [0.2, 0.25) is 5.02 Å². The standard InChI is InChI=1S/C18H22ClN3O/c1-2-3-4-7-10-23-18-12-17(14(20)11-15(18)21)22-16-9-6-5-8-13(16)19/h5-6,8-9,11-12,21H,2-4,7,10,20H2,1H3/b21-15?,22-17-. The summed E-state index contributed by atoms with van der Waals surface area (Å²) in [6.07, 6.45) is 7.78. The van der Waals surface area contributed by atoms with Crippen molar-refractivity contribution in [1.82, 2.24) is 0 Å². The molecule has 5 heteroatoms. The highest BCUT2D eigenvalue weighted by Gasteiger charge is 2.16. The molecule has 0 spiro atoms. The van der Waals surface area contributed by atoms with Crippen molar-refractivity contribution >= 4 is 28.7 Å². The minimum absolute atomic E-state index is 0.274. The third kappa shape index (κ3) is 4.96. The molecule has 0 aliphatic heterocycles. The monoisotopic (exact) mass is 331 g/mol. The lowest BCUT2D eigenvalue weighted by molar-refractivity contribution is 0.223. The van der Waals surface area contributed by atoms with Gasteiger partial charge in [0.1, 0.15) is 5.76 Å². The number of para-hydroxylation sites is 1. The summed E-state index contributed by atoms with van der Waals surface area (Å²) in [6, 6.07) is 7.32. The summed E-state index contributed by atoms with van der Waals surface area (Å²) in [5, 5.41) is 8.53. The molecule has 0 aromatic heterocycles. The van der Waals surface area contributed by atoms with E-state index in [0.717, 1.165) is 12.8 Å². The summed E-state index contributed by atoms with van der Waals surface area (Å²) in [5.41, 5.74) is 7.90. The number of ether oxygens (including phenoxy) is 1. The van der Waals surface area contributed by atoms with Crippen LogP contribution in [-0.4, -0.2) is 18.0 Å². The largest absolute Gasteiger partial charge is 0.491 e. The Balaban J connectivity index is 2.11. The number of hydrogen-bond acceptors (Lipinski definition) is 4. The Hall–Kier alpha value is -2.07. The molecule has 0 heterocycles. The van der Waals surface area contributed by atoms with E-state index in [0.29, 0.717) is 34.5 Å². The molecule has 1 aliphatic rings. The van der Waals surface area contributed by atoms with Crippen molar-refractivity contribution in [3.8, 4) is 0 Å². The number of benzene rings is 1. The minimum atomic E-state index is 0.274. The molecule has 0 bridgehead atoms. The van der Waals surface area contributed by atoms with Gasteiger partial charge in [-0.05, 0) is 24.6 Å². The smallest absolute Gasteiger partial charge is 0.146 e. The molecule has 1 aliphatic carbocycles. The van der Waals surface area contributed by atoms with Gasteiger partial charge in [0.2, 0.25) is 0 Å². The van der Waals surface area contributed by atoms with E-state index in [1.807, 2.05) is 18.2 Å². The van der Waals surface area contributed by atoms with Gasteiger partial charge >= 0.3 is 0 Å². The molecule has 0 saturated carbocycles. The number of hydrogen-bond donors (Lipinski definition) is 2. The van der Waals surface area contributed by atoms with Crippen LogP contribution in [0.4, 0.5) is 5.69 Å². The molecular formula is C18H22ClN3O. The van der Waals surface area contributed by atoms with Gasteiger partial charge in [-0.2, -0.15) is 0 Å². The fourth-order valence-corrected chi connectivity index (χ4v) is 2.36. The van der Waals surface area contributed by atoms with Gasteiger partial charge in [-0.15, -0.1) is 0 Å². The molecule has 3 N–H and O–H groups in total. The van der Waals surface area contributed by atoms with Gasteiger partial charge in [0.05, 0.1) is 34.4 Å². The van der Waals surface area contributed by atoms with Gasteiger partial charge in [-0.3, -0.25) is 5.41 Å². The molecule has 2 rings (SSSR count). The van der Waals surface area contributed by atoms with Crippen LogP contribution in [0.5, 0.6) is 0 Å². The molecule has 1 aromatic rings. The van der Waals surface area contributed by atoms with E-state index in [-0.39, 0.29) is 5.71 Å². The normalized spacial score (nSPS) is 16.3. The molecule has 0 fully saturated rings. The Kier molecular flexibility index (Phi) is 6.41. The second kappa shape index (κ2) is 8.53. The number of nitrogens with two attached hydrogens (primary N) is 1. The summed E-state index contributed by atoms with van der Waals surface area (Å²) in [4.78, 5) is 4.48. The van der Waals surface area contributed by atoms with Crippen LogP contribution >= 0.6 is 11.6 Å². The maximum absolute atomic E-state index is 7.97. The number of rotatable bonds is 7. The van der Waals surface area contributed by atoms with Gasteiger partial charge in [-0.25, -0.2) is 4.99 Å². The Bertz CT molecular complexity index is 662. The first-order valence-electron chi connectivity index (χ1n) is 7.86. The van der Waals surface area contributed by atoms with Gasteiger partial charge in [0, 0.05) is 6.08 Å². The van der Waals surface area contributed by atoms with Crippen LogP contribution in [0.3, 0.4) is 0 Å². The molecule has 1 aromatic carbocycles. The number of halogens is 1. The van der Waals surface area contributed by atoms with E-state index < -0.39 is 0 Å². The van der Waals surface area contributed by atoms with E-state index in [2.05, 4.69) is 11.9 Å². The van der Waals surface area contributed by atoms with Gasteiger partial charge in [-0.1, -0.05) is 49.9 Å². The first kappa shape index (κ1) is 17.3. The Morgan fingerprint density at radius 1 is 1.17 bits per heavy atom. The zero-order valence-corrected chi connectivity index (χ0v) is 14.1. The van der Waals surface area contributed by atoms with E-state index in [4.69, 9.17) is 27.5 Å². The number of unbranched alkanes of at least 4 members (excludes halogenated alkanes) is 3. The van der Waals surface area contributed by atoms with Crippen molar-refractivity contribution in [3.63, 3.8) is 0 Å². The number of nitrogens with zero attached hydrogens (tertiary/aromatic N) is 1. The first-order chi connectivity index (χ1) is 11.1. The molecule has 0 unspecified atom stereocenters. The summed E-state index contributed by atoms with van der Waals surface area (Å²) in [7, 11) is 0. The van der Waals surface area contributed by atoms with Crippen molar-refractivity contribution < 1.29 is 4.74 Å². The second-order valence-corrected chi connectivity index (χ2v) is 5.79. The summed E-state index contributed by atoms with van der Waals surface area (Å²) in [6.45, 7) is 2.77. The van der Waals surface area contributed by atoms with E-state index in [9.17, 15) is 0 Å². The lowest BCUT2D eigenvalue weighted by Gasteiger charge is -2.15. The minimum Gasteiger partial charge on any atom is -0.491 e. The first-order valence-corrected chi connectivity index (χ1v) is 8.23. The second-order valence-electron chi connectivity index (χ2n) is 5.38. The van der Waals surface area contributed by atoms with Crippen LogP contribution in [0, 0.1) is 5.41 Å². The summed E-state index contributed by atoms with van der Waals surface area (Å²) < 4.78 is 5.71. The van der Waals surface area contributed by atoms with E-state index in [1.54, 1.807) is 18.2 Å². The van der Waals surface area contributed by atoms with Crippen LogP contribution in [0.25, 0.3) is 0 Å². The Morgan fingerprint density at radius 2 is 1.96 bits per heavy atom. The highest BCUT2D eigenvalue weighted by molar-refractivity contribution is 6.33. The highest BCUT2D eigenvalue weighted by Crippen LogP contribution is 2.25. The molecule has 122 valence electrons. The van der Waals surface area contributed by atoms with Crippen molar-refractivity contribution in [3.05, 3.63) is 52.9 Å². The average molecular weight is 332 g/mol. The topological polar surface area (TPSA) is 71.5 Å². The van der Waals surface area contributed by atoms with Crippen molar-refractivity contribution in [1.29, 1.82) is 5.41 Å². The molecule has 0 radical (unpaired) electrons. The third-order valence-electron chi connectivity index (χ3n) is 3.48. The van der Waals surface area contributed by atoms with Crippen molar-refractivity contribution in [2.45, 2.75) is 32.6 Å². The fraction of sp³-hybridized carbons (Fsp3) is 0.333. The SMILES string of the molecule is CCCCCCOC1=C/C(=N/c2ccccc2Cl)C(N)=CC1=N. The maximum atomic E-state index is 7.97. The van der Waals surface area contributed by atoms with Crippen LogP contribution < -0.4 is 5.73 Å². The molecule has 4 nitrogen and oxygen atoms in total. The molecule has 0 amide bonds. The molecule has 23 heavy (non-hydrogen) atoms. The van der Waals surface area contributed by atoms with Crippen LogP contribution in [0.15, 0.2) is 52.9 Å². The molecule has 0 atom stereocenters. The summed E-state index contributed by atoms with van der Waals surface area (Å²) in [5.74, 6) is 0.501. The maximum Gasteiger partial charge on any atom is 0.146 e. The van der Waals surface area contributed by atoms with Gasteiger partial charge < -0.3 is 10.5 Å². The Labute approximate surface area is 142 Å². The number of nitrogens with one attached hydrogen (secondary N) is 1. The Morgan fingerprint density at radius 3 is 2.70 bits per heavy atom. The highest BCUT2D eigenvalue weighted by atomic mass is 35.5. The zero-order chi connectivity index (χ0) is 16.7. The van der Waals surface area contributed by atoms with Crippen molar-refractivity contribution in [2.75, 3.05) is 6.61 Å². The van der Waals surface area contributed by atoms with Gasteiger partial charge in [0.15, 0.2) is 0 Å². The lowest BCUT2D eigenvalue weighted by atomic mass is 10.1. The third-order valence-corrected chi connectivity index (χ3v) is 3.80. The van der Waals surface area contributed by atoms with Crippen LogP contribution in [-0.2, 0) is 4.74 Å². The van der Waals surface area contributed by atoms with Crippen molar-refractivity contribution in [2.24, 2.45) is 10.7 Å². The fourth-order valence-electron chi connectivity index (χ4n) is 2.19. The summed E-state index contributed by atoms with van der Waals surface area (Å²) >= 11 is 6.13. The zero-order valence-electron chi connectivity index (χ0n) is 13.3. The van der Waals surface area contributed by atoms with Crippen LogP contribution in [0.1, 0.15) is 32.6 Å². The van der Waals surface area contributed by atoms with E-state index in [1.165, 1.54) is 12.8 Å². The molecule has 0 saturated heterocycles. The number of aliphatic imine (C=N–C) groups is 1. The lowest BCUT2D eigenvalue weighted by Crippen LogP contribution is -2.19. The number of allylic oxidation sites excluding steroid dienone is 2.